The SMILES string of the molecule is C=CC(=O)N1C[C@H](Nc2ncnc3c2ccn3S(=O)(=O)c2ccc(C)cc2)C[C@H](O[Si](C)(C)C(C)(C)C)C1. The molecule has 11 heteroatoms. The normalized spacial score (nSPS) is 18.9. The van der Waals surface area contributed by atoms with E-state index in [0.717, 1.165) is 5.56 Å². The summed E-state index contributed by atoms with van der Waals surface area (Å²) in [5.74, 6) is 0.361. The first kappa shape index (κ1) is 28.0. The predicted molar refractivity (Wildman–Crippen MR) is 152 cm³/mol. The number of amides is 1. The lowest BCUT2D eigenvalue weighted by Gasteiger charge is -2.44. The Hall–Kier alpha value is -3.02. The number of hydrogen-bond donors (Lipinski definition) is 1. The van der Waals surface area contributed by atoms with Crippen LogP contribution in [0.25, 0.3) is 11.0 Å². The molecule has 2 aromatic heterocycles. The lowest BCUT2D eigenvalue weighted by atomic mass is 10.0. The van der Waals surface area contributed by atoms with Gasteiger partial charge in [-0.3, -0.25) is 4.79 Å². The molecule has 0 radical (unpaired) electrons. The van der Waals surface area contributed by atoms with Crippen molar-refractivity contribution in [2.24, 2.45) is 0 Å². The zero-order valence-electron chi connectivity index (χ0n) is 22.9. The second kappa shape index (κ2) is 10.3. The molecule has 38 heavy (non-hydrogen) atoms. The fraction of sp³-hybridized carbons (Fsp3) is 0.444. The van der Waals surface area contributed by atoms with Crippen LogP contribution in [0.15, 0.2) is 60.4 Å². The number of aryl methyl sites for hydroxylation is 1. The number of benzene rings is 1. The van der Waals surface area contributed by atoms with Gasteiger partial charge in [0.15, 0.2) is 14.0 Å². The summed E-state index contributed by atoms with van der Waals surface area (Å²) in [6.45, 7) is 17.5. The highest BCUT2D eigenvalue weighted by atomic mass is 32.2. The zero-order valence-corrected chi connectivity index (χ0v) is 24.7. The third-order valence-corrected chi connectivity index (χ3v) is 13.7. The smallest absolute Gasteiger partial charge is 0.269 e. The van der Waals surface area contributed by atoms with Gasteiger partial charge < -0.3 is 14.6 Å². The summed E-state index contributed by atoms with van der Waals surface area (Å²) in [5.41, 5.74) is 1.26. The molecule has 9 nitrogen and oxygen atoms in total. The number of nitrogens with zero attached hydrogens (tertiary/aromatic N) is 4. The number of piperidine rings is 1. The number of hydrogen-bond acceptors (Lipinski definition) is 7. The van der Waals surface area contributed by atoms with E-state index in [4.69, 9.17) is 4.43 Å². The van der Waals surface area contributed by atoms with Crippen LogP contribution >= 0.6 is 0 Å². The third kappa shape index (κ3) is 5.55. The number of carbonyl (C=O) groups is 1. The van der Waals surface area contributed by atoms with Crippen molar-refractivity contribution in [2.45, 2.75) is 69.3 Å². The van der Waals surface area contributed by atoms with E-state index in [2.05, 4.69) is 55.7 Å². The van der Waals surface area contributed by atoms with Crippen LogP contribution in [0.5, 0.6) is 0 Å². The number of nitrogens with one attached hydrogen (secondary N) is 1. The Kier molecular flexibility index (Phi) is 7.57. The molecule has 0 saturated carbocycles. The molecule has 0 aliphatic carbocycles. The number of fused-ring (bicyclic) bond motifs is 1. The first-order valence-electron chi connectivity index (χ1n) is 12.7. The fourth-order valence-corrected chi connectivity index (χ4v) is 7.06. The standard InChI is InChI=1S/C27H37N5O4SSi/c1-8-24(33)31-16-20(15-21(17-31)36-38(6,7)27(3,4)5)30-25-23-13-14-32(26(23)29-18-28-25)37(34,35)22-11-9-19(2)10-12-22/h8-14,18,20-21H,1,15-17H2,2-7H3,(H,28,29,30)/t20-,21+/m1/s1. The van der Waals surface area contributed by atoms with E-state index in [-0.39, 0.29) is 33.6 Å². The molecule has 1 N–H and O–H groups in total. The van der Waals surface area contributed by atoms with Gasteiger partial charge in [-0.15, -0.1) is 0 Å². The van der Waals surface area contributed by atoms with Crippen LogP contribution in [0.3, 0.4) is 0 Å². The van der Waals surface area contributed by atoms with Crippen LogP contribution in [0.1, 0.15) is 32.8 Å². The lowest BCUT2D eigenvalue weighted by molar-refractivity contribution is -0.128. The first-order chi connectivity index (χ1) is 17.7. The van der Waals surface area contributed by atoms with Gasteiger partial charge in [0.1, 0.15) is 12.1 Å². The molecule has 3 aromatic rings. The summed E-state index contributed by atoms with van der Waals surface area (Å²) in [4.78, 5) is 23.2. The molecule has 3 heterocycles. The van der Waals surface area contributed by atoms with Crippen LogP contribution < -0.4 is 5.32 Å². The maximum atomic E-state index is 13.3. The van der Waals surface area contributed by atoms with Crippen LogP contribution in [0.2, 0.25) is 18.1 Å². The number of rotatable bonds is 7. The highest BCUT2D eigenvalue weighted by Crippen LogP contribution is 2.38. The molecule has 204 valence electrons. The van der Waals surface area contributed by atoms with Crippen molar-refractivity contribution in [1.82, 2.24) is 18.8 Å². The van der Waals surface area contributed by atoms with Gasteiger partial charge in [-0.2, -0.15) is 0 Å². The van der Waals surface area contributed by atoms with Crippen molar-refractivity contribution in [1.29, 1.82) is 0 Å². The Morgan fingerprint density at radius 3 is 2.47 bits per heavy atom. The molecule has 2 atom stereocenters. The Labute approximate surface area is 226 Å². The van der Waals surface area contributed by atoms with Gasteiger partial charge in [-0.05, 0) is 55.8 Å². The maximum absolute atomic E-state index is 13.3. The molecule has 0 unspecified atom stereocenters. The van der Waals surface area contributed by atoms with Crippen molar-refractivity contribution < 1.29 is 17.6 Å². The number of anilines is 1. The average Bonchev–Trinajstić information content (AvgIpc) is 3.29. The molecule has 4 rings (SSSR count). The summed E-state index contributed by atoms with van der Waals surface area (Å²) in [7, 11) is -5.91. The Morgan fingerprint density at radius 2 is 1.84 bits per heavy atom. The van der Waals surface area contributed by atoms with E-state index >= 15 is 0 Å². The maximum Gasteiger partial charge on any atom is 0.269 e. The van der Waals surface area contributed by atoms with Crippen LogP contribution in [-0.2, 0) is 19.2 Å². The highest BCUT2D eigenvalue weighted by Gasteiger charge is 2.41. The van der Waals surface area contributed by atoms with E-state index < -0.39 is 18.3 Å². The third-order valence-electron chi connectivity index (χ3n) is 7.53. The van der Waals surface area contributed by atoms with E-state index in [0.29, 0.717) is 30.7 Å². The minimum absolute atomic E-state index is 0.0331. The zero-order chi connectivity index (χ0) is 27.9. The van der Waals surface area contributed by atoms with Crippen LogP contribution in [0, 0.1) is 6.92 Å². The number of likely N-dealkylation sites (tertiary alicyclic amines) is 1. The Morgan fingerprint density at radius 1 is 1.16 bits per heavy atom. The average molecular weight is 556 g/mol. The molecule has 0 bridgehead atoms. The van der Waals surface area contributed by atoms with Gasteiger partial charge >= 0.3 is 0 Å². The van der Waals surface area contributed by atoms with Crippen molar-refractivity contribution in [3.05, 3.63) is 61.1 Å². The quantitative estimate of drug-likeness (QED) is 0.336. The first-order valence-corrected chi connectivity index (χ1v) is 17.1. The summed E-state index contributed by atoms with van der Waals surface area (Å²) in [6.07, 6.45) is 4.71. The van der Waals surface area contributed by atoms with Gasteiger partial charge in [0, 0.05) is 25.3 Å². The minimum atomic E-state index is -3.84. The summed E-state index contributed by atoms with van der Waals surface area (Å²) >= 11 is 0. The number of aromatic nitrogens is 3. The van der Waals surface area contributed by atoms with Crippen molar-refractivity contribution in [3.63, 3.8) is 0 Å². The monoisotopic (exact) mass is 555 g/mol. The topological polar surface area (TPSA) is 106 Å². The van der Waals surface area contributed by atoms with Crippen molar-refractivity contribution in [2.75, 3.05) is 18.4 Å². The Bertz CT molecular complexity index is 1440. The van der Waals surface area contributed by atoms with Crippen LogP contribution in [-0.4, -0.2) is 66.7 Å². The van der Waals surface area contributed by atoms with Gasteiger partial charge in [0.25, 0.3) is 10.0 Å². The van der Waals surface area contributed by atoms with Crippen molar-refractivity contribution >= 4 is 41.1 Å². The molecule has 0 spiro atoms. The molecule has 1 saturated heterocycles. The number of carbonyl (C=O) groups excluding carboxylic acids is 1. The van der Waals surface area contributed by atoms with E-state index in [1.165, 1.54) is 22.6 Å². The molecular weight excluding hydrogens is 518 g/mol. The molecule has 1 aromatic carbocycles. The minimum Gasteiger partial charge on any atom is -0.412 e. The van der Waals surface area contributed by atoms with Gasteiger partial charge in [-0.1, -0.05) is 45.0 Å². The van der Waals surface area contributed by atoms with Crippen molar-refractivity contribution in [3.8, 4) is 0 Å². The molecular formula is C27H37N5O4SSi. The predicted octanol–water partition coefficient (Wildman–Crippen LogP) is 4.57. The summed E-state index contributed by atoms with van der Waals surface area (Å²) in [5, 5.41) is 4.06. The second-order valence-corrected chi connectivity index (χ2v) is 18.0. The molecule has 1 amide bonds. The fourth-order valence-electron chi connectivity index (χ4n) is 4.40. The molecule has 1 aliphatic heterocycles. The Balaban J connectivity index is 1.63. The highest BCUT2D eigenvalue weighted by molar-refractivity contribution is 7.90. The summed E-state index contributed by atoms with van der Waals surface area (Å²) in [6, 6.07) is 8.25. The molecule has 1 aliphatic rings. The summed E-state index contributed by atoms with van der Waals surface area (Å²) < 4.78 is 34.6. The molecule has 1 fully saturated rings. The van der Waals surface area contributed by atoms with E-state index in [1.807, 2.05) is 6.92 Å². The largest absolute Gasteiger partial charge is 0.412 e. The second-order valence-electron chi connectivity index (χ2n) is 11.4. The van der Waals surface area contributed by atoms with Gasteiger partial charge in [0.05, 0.1) is 16.4 Å². The lowest BCUT2D eigenvalue weighted by Crippen LogP contribution is -2.55. The van der Waals surface area contributed by atoms with Gasteiger partial charge in [-0.25, -0.2) is 22.4 Å². The van der Waals surface area contributed by atoms with Crippen LogP contribution in [0.4, 0.5) is 5.82 Å². The van der Waals surface area contributed by atoms with E-state index in [1.54, 1.807) is 35.2 Å². The van der Waals surface area contributed by atoms with E-state index in [9.17, 15) is 13.2 Å². The van der Waals surface area contributed by atoms with Gasteiger partial charge in [0.2, 0.25) is 5.91 Å².